The van der Waals surface area contributed by atoms with E-state index < -0.39 is 5.51 Å². The van der Waals surface area contributed by atoms with Gasteiger partial charge >= 0.3 is 5.51 Å². The average Bonchev–Trinajstić information content (AvgIpc) is 2.41. The van der Waals surface area contributed by atoms with Crippen molar-refractivity contribution in [2.24, 2.45) is 0 Å². The van der Waals surface area contributed by atoms with Crippen molar-refractivity contribution in [2.45, 2.75) is 49.2 Å². The maximum Gasteiger partial charge on any atom is 0.446 e. The number of hydrogen-bond donors (Lipinski definition) is 2. The number of hydrogen-bond acceptors (Lipinski definition) is 3. The Kier molecular flexibility index (Phi) is 6.36. The second-order valence-electron chi connectivity index (χ2n) is 4.69. The highest BCUT2D eigenvalue weighted by Crippen LogP contribution is 2.36. The van der Waals surface area contributed by atoms with Gasteiger partial charge in [-0.1, -0.05) is 26.0 Å². The largest absolute Gasteiger partial charge is 0.446 e. The normalized spacial score (nSPS) is 12.7. The Bertz CT molecular complexity index is 394. The predicted molar refractivity (Wildman–Crippen MR) is 75.6 cm³/mol. The maximum atomic E-state index is 12.2. The highest BCUT2D eigenvalue weighted by atomic mass is 32.2. The molecule has 0 spiro atoms. The van der Waals surface area contributed by atoms with E-state index in [-0.39, 0.29) is 28.8 Å². The van der Waals surface area contributed by atoms with Crippen LogP contribution in [0.2, 0.25) is 0 Å². The summed E-state index contributed by atoms with van der Waals surface area (Å²) in [6, 6.07) is 6.28. The summed E-state index contributed by atoms with van der Waals surface area (Å²) in [5.74, 6) is 0. The molecule has 0 aliphatic carbocycles. The zero-order chi connectivity index (χ0) is 15.2. The van der Waals surface area contributed by atoms with Crippen LogP contribution in [0.5, 0.6) is 0 Å². The number of thioether (sulfide) groups is 1. The minimum atomic E-state index is -4.25. The molecule has 0 aliphatic heterocycles. The molecule has 0 bridgehead atoms. The monoisotopic (exact) mass is 307 g/mol. The third-order valence-corrected chi connectivity index (χ3v) is 4.22. The second kappa shape index (κ2) is 7.33. The second-order valence-corrected chi connectivity index (χ2v) is 5.83. The van der Waals surface area contributed by atoms with E-state index in [0.29, 0.717) is 6.54 Å². The number of benzene rings is 1. The van der Waals surface area contributed by atoms with Gasteiger partial charge in [0.05, 0.1) is 6.61 Å². The molecular weight excluding hydrogens is 287 g/mol. The van der Waals surface area contributed by atoms with Crippen LogP contribution in [0, 0.1) is 0 Å². The summed E-state index contributed by atoms with van der Waals surface area (Å²) in [5.41, 5.74) is -3.67. The van der Waals surface area contributed by atoms with Crippen molar-refractivity contribution in [3.8, 4) is 0 Å². The van der Waals surface area contributed by atoms with E-state index in [9.17, 15) is 18.3 Å². The molecule has 2 nitrogen and oxygen atoms in total. The van der Waals surface area contributed by atoms with Crippen molar-refractivity contribution in [1.29, 1.82) is 0 Å². The van der Waals surface area contributed by atoms with Gasteiger partial charge < -0.3 is 10.4 Å². The summed E-state index contributed by atoms with van der Waals surface area (Å²) in [6.07, 6.45) is 1.59. The fourth-order valence-electron chi connectivity index (χ4n) is 1.88. The molecule has 0 amide bonds. The van der Waals surface area contributed by atoms with Crippen molar-refractivity contribution >= 4 is 11.8 Å². The van der Waals surface area contributed by atoms with Crippen molar-refractivity contribution in [3.63, 3.8) is 0 Å². The van der Waals surface area contributed by atoms with Gasteiger partial charge in [0.25, 0.3) is 0 Å². The molecule has 0 atom stereocenters. The van der Waals surface area contributed by atoms with Gasteiger partial charge in [-0.15, -0.1) is 0 Å². The topological polar surface area (TPSA) is 32.3 Å². The smallest absolute Gasteiger partial charge is 0.394 e. The minimum Gasteiger partial charge on any atom is -0.394 e. The van der Waals surface area contributed by atoms with Gasteiger partial charge in [0.1, 0.15) is 0 Å². The molecule has 1 rings (SSSR count). The molecule has 114 valence electrons. The highest BCUT2D eigenvalue weighted by Gasteiger charge is 2.29. The highest BCUT2D eigenvalue weighted by molar-refractivity contribution is 8.00. The molecule has 0 heterocycles. The Morgan fingerprint density at radius 1 is 1.10 bits per heavy atom. The number of aliphatic hydroxyl groups excluding tert-OH is 1. The van der Waals surface area contributed by atoms with Gasteiger partial charge in [-0.05, 0) is 42.3 Å². The first kappa shape index (κ1) is 17.3. The SMILES string of the molecule is CCC(CC)(CO)NCc1ccc(SC(F)(F)F)cc1. The van der Waals surface area contributed by atoms with Crippen LogP contribution in [0.4, 0.5) is 13.2 Å². The first-order valence-corrected chi connectivity index (χ1v) is 7.36. The van der Waals surface area contributed by atoms with E-state index in [2.05, 4.69) is 5.32 Å². The fraction of sp³-hybridized carbons (Fsp3) is 0.571. The lowest BCUT2D eigenvalue weighted by molar-refractivity contribution is -0.0328. The summed E-state index contributed by atoms with van der Waals surface area (Å²) in [5, 5.41) is 12.7. The van der Waals surface area contributed by atoms with Crippen LogP contribution in [0.15, 0.2) is 29.2 Å². The van der Waals surface area contributed by atoms with E-state index >= 15 is 0 Å². The molecular formula is C14H20F3NOS. The van der Waals surface area contributed by atoms with E-state index in [1.54, 1.807) is 12.1 Å². The molecule has 0 aromatic heterocycles. The maximum absolute atomic E-state index is 12.2. The molecule has 0 fully saturated rings. The van der Waals surface area contributed by atoms with Crippen molar-refractivity contribution < 1.29 is 18.3 Å². The first-order valence-electron chi connectivity index (χ1n) is 6.54. The minimum absolute atomic E-state index is 0.0437. The van der Waals surface area contributed by atoms with Gasteiger partial charge in [0, 0.05) is 17.0 Å². The predicted octanol–water partition coefficient (Wildman–Crippen LogP) is 3.94. The van der Waals surface area contributed by atoms with Crippen molar-refractivity contribution in [3.05, 3.63) is 29.8 Å². The van der Waals surface area contributed by atoms with Crippen LogP contribution in [-0.4, -0.2) is 22.8 Å². The Balaban J connectivity index is 2.62. The number of halogens is 3. The van der Waals surface area contributed by atoms with E-state index in [4.69, 9.17) is 0 Å². The lowest BCUT2D eigenvalue weighted by atomic mass is 9.93. The van der Waals surface area contributed by atoms with Crippen LogP contribution in [0.1, 0.15) is 32.3 Å². The van der Waals surface area contributed by atoms with Crippen LogP contribution < -0.4 is 5.32 Å². The Morgan fingerprint density at radius 3 is 2.05 bits per heavy atom. The van der Waals surface area contributed by atoms with Crippen LogP contribution in [0.3, 0.4) is 0 Å². The Labute approximate surface area is 121 Å². The molecule has 0 aliphatic rings. The first-order chi connectivity index (χ1) is 9.34. The standard InChI is InChI=1S/C14H20F3NOS/c1-3-13(4-2,10-19)18-9-11-5-7-12(8-6-11)20-14(15,16)17/h5-8,18-19H,3-4,9-10H2,1-2H3. The van der Waals surface area contributed by atoms with E-state index in [1.807, 2.05) is 13.8 Å². The quantitative estimate of drug-likeness (QED) is 0.748. The van der Waals surface area contributed by atoms with Gasteiger partial charge in [0.2, 0.25) is 0 Å². The fourth-order valence-corrected chi connectivity index (χ4v) is 2.42. The lowest BCUT2D eigenvalue weighted by Gasteiger charge is -2.31. The Morgan fingerprint density at radius 2 is 1.65 bits per heavy atom. The summed E-state index contributed by atoms with van der Waals surface area (Å²) >= 11 is -0.114. The molecule has 1 aromatic carbocycles. The van der Waals surface area contributed by atoms with Gasteiger partial charge in [-0.3, -0.25) is 0 Å². The Hall–Kier alpha value is -0.720. The third kappa shape index (κ3) is 5.34. The lowest BCUT2D eigenvalue weighted by Crippen LogP contribution is -2.47. The molecule has 0 unspecified atom stereocenters. The summed E-state index contributed by atoms with van der Waals surface area (Å²) < 4.78 is 36.6. The number of alkyl halides is 3. The summed E-state index contributed by atoms with van der Waals surface area (Å²) in [4.78, 5) is 0.181. The summed E-state index contributed by atoms with van der Waals surface area (Å²) in [7, 11) is 0. The zero-order valence-corrected chi connectivity index (χ0v) is 12.4. The molecule has 2 N–H and O–H groups in total. The number of aliphatic hydroxyl groups is 1. The average molecular weight is 307 g/mol. The molecule has 6 heteroatoms. The zero-order valence-electron chi connectivity index (χ0n) is 11.6. The van der Waals surface area contributed by atoms with E-state index in [0.717, 1.165) is 18.4 Å². The van der Waals surface area contributed by atoms with E-state index in [1.165, 1.54) is 12.1 Å². The van der Waals surface area contributed by atoms with Crippen LogP contribution in [-0.2, 0) is 6.54 Å². The third-order valence-electron chi connectivity index (χ3n) is 3.48. The molecule has 0 radical (unpaired) electrons. The molecule has 20 heavy (non-hydrogen) atoms. The molecule has 0 saturated carbocycles. The van der Waals surface area contributed by atoms with Crippen LogP contribution >= 0.6 is 11.8 Å². The molecule has 0 saturated heterocycles. The summed E-state index contributed by atoms with van der Waals surface area (Å²) in [6.45, 7) is 4.56. The van der Waals surface area contributed by atoms with Crippen molar-refractivity contribution in [1.82, 2.24) is 5.32 Å². The van der Waals surface area contributed by atoms with Gasteiger partial charge in [-0.2, -0.15) is 13.2 Å². The van der Waals surface area contributed by atoms with Gasteiger partial charge in [-0.25, -0.2) is 0 Å². The molecule has 1 aromatic rings. The van der Waals surface area contributed by atoms with Gasteiger partial charge in [0.15, 0.2) is 0 Å². The van der Waals surface area contributed by atoms with Crippen LogP contribution in [0.25, 0.3) is 0 Å². The van der Waals surface area contributed by atoms with Crippen molar-refractivity contribution in [2.75, 3.05) is 6.61 Å². The number of nitrogens with one attached hydrogen (secondary N) is 1. The number of rotatable bonds is 7.